The lowest BCUT2D eigenvalue weighted by atomic mass is 10.2. The molecule has 5 nitrogen and oxygen atoms in total. The highest BCUT2D eigenvalue weighted by atomic mass is 16.4. The fourth-order valence-corrected chi connectivity index (χ4v) is 1.64. The van der Waals surface area contributed by atoms with Crippen LogP contribution in [0.3, 0.4) is 0 Å². The molecular weight excluding hydrogens is 206 g/mol. The predicted molar refractivity (Wildman–Crippen MR) is 59.4 cm³/mol. The van der Waals surface area contributed by atoms with Crippen molar-refractivity contribution < 1.29 is 9.90 Å². The van der Waals surface area contributed by atoms with Gasteiger partial charge in [-0.15, -0.1) is 5.10 Å². The van der Waals surface area contributed by atoms with Crippen LogP contribution in [0.15, 0.2) is 12.3 Å². The molecule has 1 saturated carbocycles. The van der Waals surface area contributed by atoms with Crippen molar-refractivity contribution in [1.82, 2.24) is 10.2 Å². The number of anilines is 1. The topological polar surface area (TPSA) is 75.1 Å². The Labute approximate surface area is 93.9 Å². The Balaban J connectivity index is 1.84. The highest BCUT2D eigenvalue weighted by molar-refractivity contribution is 5.92. The first-order chi connectivity index (χ1) is 7.77. The molecular formula is C11H15N3O2. The number of carbonyl (C=O) groups is 1. The van der Waals surface area contributed by atoms with Crippen LogP contribution in [0, 0.1) is 5.92 Å². The van der Waals surface area contributed by atoms with Gasteiger partial charge < -0.3 is 10.4 Å². The van der Waals surface area contributed by atoms with E-state index in [0.29, 0.717) is 5.82 Å². The number of nitrogens with one attached hydrogen (secondary N) is 1. The van der Waals surface area contributed by atoms with Gasteiger partial charge in [-0.05, 0) is 24.8 Å². The molecule has 0 radical (unpaired) electrons. The Bertz CT molecular complexity index is 377. The molecule has 1 aliphatic rings. The van der Waals surface area contributed by atoms with Crippen molar-refractivity contribution in [3.63, 3.8) is 0 Å². The number of carboxylic acids is 1. The van der Waals surface area contributed by atoms with Crippen LogP contribution in [0.2, 0.25) is 0 Å². The molecule has 5 heteroatoms. The predicted octanol–water partition coefficient (Wildman–Crippen LogP) is 1.78. The molecule has 1 aromatic rings. The first-order valence-corrected chi connectivity index (χ1v) is 5.56. The Kier molecular flexibility index (Phi) is 3.34. The van der Waals surface area contributed by atoms with Crippen LogP contribution in [-0.4, -0.2) is 27.8 Å². The monoisotopic (exact) mass is 221 g/mol. The summed E-state index contributed by atoms with van der Waals surface area (Å²) in [5.74, 6) is 0.299. The maximum Gasteiger partial charge on any atom is 0.339 e. The summed E-state index contributed by atoms with van der Waals surface area (Å²) in [5.41, 5.74) is 0.182. The van der Waals surface area contributed by atoms with Crippen LogP contribution < -0.4 is 5.32 Å². The van der Waals surface area contributed by atoms with E-state index in [1.54, 1.807) is 0 Å². The molecule has 86 valence electrons. The Morgan fingerprint density at radius 3 is 3.06 bits per heavy atom. The number of hydrogen-bond donors (Lipinski definition) is 2. The number of hydrogen-bond acceptors (Lipinski definition) is 4. The van der Waals surface area contributed by atoms with Crippen molar-refractivity contribution in [2.75, 3.05) is 11.9 Å². The van der Waals surface area contributed by atoms with Gasteiger partial charge in [-0.2, -0.15) is 5.10 Å². The van der Waals surface area contributed by atoms with E-state index < -0.39 is 5.97 Å². The molecule has 0 aromatic carbocycles. The highest BCUT2D eigenvalue weighted by Crippen LogP contribution is 2.33. The molecule has 1 heterocycles. The standard InChI is InChI=1S/C11H15N3O2/c15-11(16)9-5-7-13-14-10(9)12-6-1-2-8-3-4-8/h5,7-8H,1-4,6H2,(H,12,14)(H,15,16). The second-order valence-electron chi connectivity index (χ2n) is 4.11. The zero-order chi connectivity index (χ0) is 11.4. The summed E-state index contributed by atoms with van der Waals surface area (Å²) in [6, 6.07) is 1.46. The van der Waals surface area contributed by atoms with Crippen molar-refractivity contribution >= 4 is 11.8 Å². The summed E-state index contributed by atoms with van der Waals surface area (Å²) in [7, 11) is 0. The fraction of sp³-hybridized carbons (Fsp3) is 0.545. The summed E-state index contributed by atoms with van der Waals surface area (Å²) in [4.78, 5) is 10.9. The third-order valence-electron chi connectivity index (χ3n) is 2.73. The minimum absolute atomic E-state index is 0.182. The summed E-state index contributed by atoms with van der Waals surface area (Å²) in [6.07, 6.45) is 6.37. The number of rotatable bonds is 6. The Hall–Kier alpha value is -1.65. The minimum atomic E-state index is -0.973. The van der Waals surface area contributed by atoms with Gasteiger partial charge in [0.05, 0.1) is 6.20 Å². The van der Waals surface area contributed by atoms with Crippen molar-refractivity contribution in [2.24, 2.45) is 5.92 Å². The van der Waals surface area contributed by atoms with E-state index in [-0.39, 0.29) is 5.56 Å². The third kappa shape index (κ3) is 2.92. The molecule has 0 bridgehead atoms. The van der Waals surface area contributed by atoms with Crippen molar-refractivity contribution in [2.45, 2.75) is 25.7 Å². The van der Waals surface area contributed by atoms with Gasteiger partial charge in [0.15, 0.2) is 5.82 Å². The van der Waals surface area contributed by atoms with Gasteiger partial charge in [0.25, 0.3) is 0 Å². The van der Waals surface area contributed by atoms with Crippen LogP contribution in [0.1, 0.15) is 36.0 Å². The maximum atomic E-state index is 10.9. The number of carboxylic acid groups (broad SMARTS) is 1. The molecule has 0 atom stereocenters. The Morgan fingerprint density at radius 1 is 1.56 bits per heavy atom. The largest absolute Gasteiger partial charge is 0.478 e. The molecule has 0 spiro atoms. The van der Waals surface area contributed by atoms with Gasteiger partial charge in [0.2, 0.25) is 0 Å². The molecule has 16 heavy (non-hydrogen) atoms. The third-order valence-corrected chi connectivity index (χ3v) is 2.73. The second-order valence-corrected chi connectivity index (χ2v) is 4.11. The maximum absolute atomic E-state index is 10.9. The summed E-state index contributed by atoms with van der Waals surface area (Å²) in [6.45, 7) is 0.759. The van der Waals surface area contributed by atoms with E-state index in [9.17, 15) is 4.79 Å². The van der Waals surface area contributed by atoms with Gasteiger partial charge in [-0.1, -0.05) is 12.8 Å². The summed E-state index contributed by atoms with van der Waals surface area (Å²) < 4.78 is 0. The van der Waals surface area contributed by atoms with Crippen molar-refractivity contribution in [3.05, 3.63) is 17.8 Å². The number of aromatic nitrogens is 2. The van der Waals surface area contributed by atoms with E-state index >= 15 is 0 Å². The minimum Gasteiger partial charge on any atom is -0.478 e. The van der Waals surface area contributed by atoms with Crippen LogP contribution in [0.5, 0.6) is 0 Å². The average molecular weight is 221 g/mol. The van der Waals surface area contributed by atoms with Gasteiger partial charge in [0, 0.05) is 6.54 Å². The van der Waals surface area contributed by atoms with E-state index in [0.717, 1.165) is 18.9 Å². The molecule has 1 aromatic heterocycles. The van der Waals surface area contributed by atoms with Crippen LogP contribution >= 0.6 is 0 Å². The zero-order valence-corrected chi connectivity index (χ0v) is 9.02. The van der Waals surface area contributed by atoms with E-state index in [4.69, 9.17) is 5.11 Å². The van der Waals surface area contributed by atoms with E-state index in [2.05, 4.69) is 15.5 Å². The normalized spacial score (nSPS) is 14.8. The Morgan fingerprint density at radius 2 is 2.38 bits per heavy atom. The van der Waals surface area contributed by atoms with Crippen LogP contribution in [-0.2, 0) is 0 Å². The molecule has 0 saturated heterocycles. The number of nitrogens with zero attached hydrogens (tertiary/aromatic N) is 2. The lowest BCUT2D eigenvalue weighted by Crippen LogP contribution is -2.10. The van der Waals surface area contributed by atoms with Gasteiger partial charge in [-0.25, -0.2) is 4.79 Å². The molecule has 0 aliphatic heterocycles. The highest BCUT2D eigenvalue weighted by Gasteiger charge is 2.20. The van der Waals surface area contributed by atoms with Gasteiger partial charge in [0.1, 0.15) is 5.56 Å². The van der Waals surface area contributed by atoms with Crippen molar-refractivity contribution in [1.29, 1.82) is 0 Å². The fourth-order valence-electron chi connectivity index (χ4n) is 1.64. The average Bonchev–Trinajstić information content (AvgIpc) is 3.08. The van der Waals surface area contributed by atoms with Crippen molar-refractivity contribution in [3.8, 4) is 0 Å². The summed E-state index contributed by atoms with van der Waals surface area (Å²) >= 11 is 0. The SMILES string of the molecule is O=C(O)c1ccnnc1NCCCC1CC1. The second kappa shape index (κ2) is 4.92. The molecule has 2 N–H and O–H groups in total. The van der Waals surface area contributed by atoms with Gasteiger partial charge >= 0.3 is 5.97 Å². The molecule has 0 amide bonds. The molecule has 1 fully saturated rings. The van der Waals surface area contributed by atoms with E-state index in [1.165, 1.54) is 31.5 Å². The summed E-state index contributed by atoms with van der Waals surface area (Å²) in [5, 5.41) is 19.4. The molecule has 1 aliphatic carbocycles. The molecule has 0 unspecified atom stereocenters. The van der Waals surface area contributed by atoms with E-state index in [1.807, 2.05) is 0 Å². The molecule has 2 rings (SSSR count). The zero-order valence-electron chi connectivity index (χ0n) is 9.02. The number of aromatic carboxylic acids is 1. The first kappa shape index (κ1) is 10.9. The lowest BCUT2D eigenvalue weighted by molar-refractivity contribution is 0.0697. The lowest BCUT2D eigenvalue weighted by Gasteiger charge is -2.06. The quantitative estimate of drug-likeness (QED) is 0.716. The van der Waals surface area contributed by atoms with Gasteiger partial charge in [-0.3, -0.25) is 0 Å². The van der Waals surface area contributed by atoms with Crippen LogP contribution in [0.25, 0.3) is 0 Å². The first-order valence-electron chi connectivity index (χ1n) is 5.56. The van der Waals surface area contributed by atoms with Crippen LogP contribution in [0.4, 0.5) is 5.82 Å². The smallest absolute Gasteiger partial charge is 0.339 e.